The monoisotopic (exact) mass is 415 g/mol. The van der Waals surface area contributed by atoms with Crippen LogP contribution < -0.4 is 4.74 Å². The van der Waals surface area contributed by atoms with Gasteiger partial charge in [-0.3, -0.25) is 0 Å². The van der Waals surface area contributed by atoms with Crippen molar-refractivity contribution in [2.45, 2.75) is 18.8 Å². The zero-order valence-electron chi connectivity index (χ0n) is 11.0. The molecule has 1 aliphatic rings. The minimum atomic E-state index is -1.05. The minimum Gasteiger partial charge on any atom is -0.495 e. The van der Waals surface area contributed by atoms with Gasteiger partial charge in [-0.15, -0.1) is 5.10 Å². The van der Waals surface area contributed by atoms with Gasteiger partial charge in [-0.25, -0.2) is 9.48 Å². The van der Waals surface area contributed by atoms with Crippen LogP contribution in [0.15, 0.2) is 21.1 Å². The number of carboxylic acid groups (broad SMARTS) is 1. The van der Waals surface area contributed by atoms with Gasteiger partial charge in [-0.1, -0.05) is 5.21 Å². The first-order valence-corrected chi connectivity index (χ1v) is 7.83. The SMILES string of the molecule is COc1cc(-n2nnc(C(=O)O)c2C2CC2)c(Br)cc1Br. The molecular formula is C13H11Br2N3O3. The maximum atomic E-state index is 11.3. The molecule has 21 heavy (non-hydrogen) atoms. The second-order valence-electron chi connectivity index (χ2n) is 4.75. The van der Waals surface area contributed by atoms with Crippen molar-refractivity contribution in [2.75, 3.05) is 7.11 Å². The molecule has 0 saturated heterocycles. The largest absolute Gasteiger partial charge is 0.495 e. The zero-order valence-corrected chi connectivity index (χ0v) is 14.2. The van der Waals surface area contributed by atoms with E-state index in [1.54, 1.807) is 17.9 Å². The summed E-state index contributed by atoms with van der Waals surface area (Å²) in [7, 11) is 1.57. The van der Waals surface area contributed by atoms with Crippen LogP contribution in [-0.2, 0) is 0 Å². The number of methoxy groups -OCH3 is 1. The molecule has 1 heterocycles. The highest BCUT2D eigenvalue weighted by Gasteiger charge is 2.34. The van der Waals surface area contributed by atoms with Crippen LogP contribution in [0.5, 0.6) is 5.75 Å². The number of nitrogens with zero attached hydrogens (tertiary/aromatic N) is 3. The van der Waals surface area contributed by atoms with E-state index in [1.807, 2.05) is 6.07 Å². The van der Waals surface area contributed by atoms with Crippen molar-refractivity contribution in [1.29, 1.82) is 0 Å². The van der Waals surface area contributed by atoms with E-state index < -0.39 is 5.97 Å². The normalized spacial score (nSPS) is 14.2. The van der Waals surface area contributed by atoms with Gasteiger partial charge in [0.25, 0.3) is 0 Å². The van der Waals surface area contributed by atoms with Gasteiger partial charge in [0, 0.05) is 16.5 Å². The molecule has 3 rings (SSSR count). The Morgan fingerprint density at radius 1 is 1.38 bits per heavy atom. The Hall–Kier alpha value is -1.41. The van der Waals surface area contributed by atoms with E-state index in [2.05, 4.69) is 42.2 Å². The van der Waals surface area contributed by atoms with Crippen LogP contribution in [0.4, 0.5) is 0 Å². The first-order valence-electron chi connectivity index (χ1n) is 6.25. The average molecular weight is 417 g/mol. The van der Waals surface area contributed by atoms with Crippen molar-refractivity contribution in [3.05, 3.63) is 32.5 Å². The van der Waals surface area contributed by atoms with Crippen molar-refractivity contribution < 1.29 is 14.6 Å². The highest BCUT2D eigenvalue weighted by Crippen LogP contribution is 2.43. The third kappa shape index (κ3) is 2.57. The Morgan fingerprint density at radius 3 is 2.67 bits per heavy atom. The topological polar surface area (TPSA) is 77.2 Å². The van der Waals surface area contributed by atoms with E-state index in [-0.39, 0.29) is 11.6 Å². The van der Waals surface area contributed by atoms with E-state index in [1.165, 1.54) is 0 Å². The molecule has 0 bridgehead atoms. The van der Waals surface area contributed by atoms with Crippen molar-refractivity contribution in [2.24, 2.45) is 0 Å². The third-order valence-electron chi connectivity index (χ3n) is 3.32. The Balaban J connectivity index is 2.19. The summed E-state index contributed by atoms with van der Waals surface area (Å²) < 4.78 is 8.45. The lowest BCUT2D eigenvalue weighted by Gasteiger charge is -2.11. The molecule has 1 aliphatic carbocycles. The smallest absolute Gasteiger partial charge is 0.358 e. The molecule has 0 spiro atoms. The molecule has 0 radical (unpaired) electrons. The van der Waals surface area contributed by atoms with E-state index in [4.69, 9.17) is 4.74 Å². The van der Waals surface area contributed by atoms with Crippen LogP contribution in [-0.4, -0.2) is 33.2 Å². The second kappa shape index (κ2) is 5.42. The zero-order chi connectivity index (χ0) is 15.1. The highest BCUT2D eigenvalue weighted by molar-refractivity contribution is 9.11. The Labute approximate surface area is 137 Å². The Kier molecular flexibility index (Phi) is 3.75. The predicted molar refractivity (Wildman–Crippen MR) is 82.2 cm³/mol. The molecule has 1 aromatic heterocycles. The molecule has 0 amide bonds. The van der Waals surface area contributed by atoms with Gasteiger partial charge < -0.3 is 9.84 Å². The number of ether oxygens (including phenoxy) is 1. The number of halogens is 2. The average Bonchev–Trinajstić information content (AvgIpc) is 3.18. The summed E-state index contributed by atoms with van der Waals surface area (Å²) in [6.07, 6.45) is 1.91. The Bertz CT molecular complexity index is 726. The molecular weight excluding hydrogens is 406 g/mol. The molecule has 2 aromatic rings. The van der Waals surface area contributed by atoms with E-state index >= 15 is 0 Å². The van der Waals surface area contributed by atoms with Crippen LogP contribution in [0.25, 0.3) is 5.69 Å². The number of carboxylic acids is 1. The van der Waals surface area contributed by atoms with Crippen LogP contribution >= 0.6 is 31.9 Å². The van der Waals surface area contributed by atoms with E-state index in [0.29, 0.717) is 17.1 Å². The number of hydrogen-bond acceptors (Lipinski definition) is 4. The maximum Gasteiger partial charge on any atom is 0.358 e. The molecule has 0 atom stereocenters. The quantitative estimate of drug-likeness (QED) is 0.826. The molecule has 1 saturated carbocycles. The van der Waals surface area contributed by atoms with Crippen molar-refractivity contribution in [1.82, 2.24) is 15.0 Å². The van der Waals surface area contributed by atoms with E-state index in [0.717, 1.165) is 21.8 Å². The number of hydrogen-bond donors (Lipinski definition) is 1. The standard InChI is InChI=1S/C13H11Br2N3O3/c1-21-10-5-9(7(14)4-8(10)15)18-12(6-2-3-6)11(13(19)20)16-17-18/h4-6H,2-3H2,1H3,(H,19,20). The molecule has 1 N–H and O–H groups in total. The fourth-order valence-electron chi connectivity index (χ4n) is 2.18. The fraction of sp³-hybridized carbons (Fsp3) is 0.308. The molecule has 8 heteroatoms. The molecule has 110 valence electrons. The van der Waals surface area contributed by atoms with Gasteiger partial charge in [0.1, 0.15) is 5.75 Å². The summed E-state index contributed by atoms with van der Waals surface area (Å²) >= 11 is 6.88. The lowest BCUT2D eigenvalue weighted by molar-refractivity contribution is 0.0689. The highest BCUT2D eigenvalue weighted by atomic mass is 79.9. The van der Waals surface area contributed by atoms with Crippen LogP contribution in [0.3, 0.4) is 0 Å². The number of rotatable bonds is 4. The van der Waals surface area contributed by atoms with Gasteiger partial charge in [-0.05, 0) is 50.8 Å². The van der Waals surface area contributed by atoms with E-state index in [9.17, 15) is 9.90 Å². The summed E-state index contributed by atoms with van der Waals surface area (Å²) in [6, 6.07) is 3.63. The summed E-state index contributed by atoms with van der Waals surface area (Å²) in [4.78, 5) is 11.3. The molecule has 0 unspecified atom stereocenters. The van der Waals surface area contributed by atoms with Crippen molar-refractivity contribution in [3.63, 3.8) is 0 Å². The van der Waals surface area contributed by atoms with Crippen LogP contribution in [0, 0.1) is 0 Å². The fourth-order valence-corrected chi connectivity index (χ4v) is 3.50. The maximum absolute atomic E-state index is 11.3. The summed E-state index contributed by atoms with van der Waals surface area (Å²) in [5.41, 5.74) is 1.37. The molecule has 1 fully saturated rings. The Morgan fingerprint density at radius 2 is 2.10 bits per heavy atom. The number of aromatic carboxylic acids is 1. The number of carbonyl (C=O) groups is 1. The van der Waals surface area contributed by atoms with Crippen LogP contribution in [0.2, 0.25) is 0 Å². The molecule has 6 nitrogen and oxygen atoms in total. The van der Waals surface area contributed by atoms with Crippen molar-refractivity contribution in [3.8, 4) is 11.4 Å². The summed E-state index contributed by atoms with van der Waals surface area (Å²) in [6.45, 7) is 0. The molecule has 0 aliphatic heterocycles. The summed E-state index contributed by atoms with van der Waals surface area (Å²) in [5.74, 6) is -0.210. The lowest BCUT2D eigenvalue weighted by Crippen LogP contribution is -2.06. The van der Waals surface area contributed by atoms with Gasteiger partial charge in [0.05, 0.1) is 23.0 Å². The summed E-state index contributed by atoms with van der Waals surface area (Å²) in [5, 5.41) is 17.1. The first-order chi connectivity index (χ1) is 10.0. The first kappa shape index (κ1) is 14.5. The minimum absolute atomic E-state index is 0.0197. The van der Waals surface area contributed by atoms with Gasteiger partial charge in [0.15, 0.2) is 5.69 Å². The van der Waals surface area contributed by atoms with Gasteiger partial charge in [-0.2, -0.15) is 0 Å². The van der Waals surface area contributed by atoms with Crippen LogP contribution in [0.1, 0.15) is 34.9 Å². The lowest BCUT2D eigenvalue weighted by atomic mass is 10.2. The second-order valence-corrected chi connectivity index (χ2v) is 6.46. The third-order valence-corrected chi connectivity index (χ3v) is 4.58. The number of aromatic nitrogens is 3. The predicted octanol–water partition coefficient (Wildman–Crippen LogP) is 3.38. The molecule has 1 aromatic carbocycles. The number of benzene rings is 1. The van der Waals surface area contributed by atoms with Crippen molar-refractivity contribution >= 4 is 37.8 Å². The van der Waals surface area contributed by atoms with Gasteiger partial charge in [0.2, 0.25) is 0 Å². The van der Waals surface area contributed by atoms with Gasteiger partial charge >= 0.3 is 5.97 Å².